The molecule has 0 amide bonds. The first-order valence-electron chi connectivity index (χ1n) is 8.74. The van der Waals surface area contributed by atoms with Crippen LogP contribution in [0.2, 0.25) is 10.0 Å². The fourth-order valence-electron chi connectivity index (χ4n) is 3.25. The van der Waals surface area contributed by atoms with Gasteiger partial charge in [0.2, 0.25) is 0 Å². The summed E-state index contributed by atoms with van der Waals surface area (Å²) in [5.74, 6) is 0. The molecule has 4 aromatic rings. The average molecular weight is 423 g/mol. The molecule has 0 atom stereocenters. The molecule has 4 aromatic carbocycles. The molecule has 0 N–H and O–H groups in total. The summed E-state index contributed by atoms with van der Waals surface area (Å²) in [6, 6.07) is 23.5. The van der Waals surface area contributed by atoms with E-state index in [-0.39, 0.29) is 0 Å². The Hall–Kier alpha value is -2.39. The average Bonchev–Trinajstić information content (AvgIpc) is 2.71. The zero-order valence-electron chi connectivity index (χ0n) is 14.8. The van der Waals surface area contributed by atoms with Crippen LogP contribution in [0.3, 0.4) is 0 Å². The van der Waals surface area contributed by atoms with E-state index in [1.165, 1.54) is 0 Å². The second-order valence-corrected chi connectivity index (χ2v) is 8.32. The minimum Gasteiger partial charge on any atom is -0.250 e. The van der Waals surface area contributed by atoms with Gasteiger partial charge in [0.15, 0.2) is 0 Å². The predicted molar refractivity (Wildman–Crippen MR) is 124 cm³/mol. The molecule has 4 rings (SSSR count). The van der Waals surface area contributed by atoms with Crippen LogP contribution in [0.4, 0.5) is 0 Å². The molecule has 0 unspecified atom stereocenters. The molecule has 0 aromatic heterocycles. The first-order valence-corrected chi connectivity index (χ1v) is 10.8. The number of rotatable bonds is 4. The van der Waals surface area contributed by atoms with E-state index in [0.29, 0.717) is 10.0 Å². The Balaban J connectivity index is 1.63. The highest BCUT2D eigenvalue weighted by Crippen LogP contribution is 2.29. The standard InChI is InChI=1S/C24H16Cl2OS/c25-21-11-3-9-17-5-1-7-19(23(17)21)13-15-28(27)16-14-20-8-2-6-18-10-4-12-22(26)24(18)20/h1-16H. The Kier molecular flexibility index (Phi) is 5.63. The van der Waals surface area contributed by atoms with Crippen LogP contribution in [0, 0.1) is 0 Å². The number of fused-ring (bicyclic) bond motifs is 2. The van der Waals surface area contributed by atoms with Gasteiger partial charge in [0.1, 0.15) is 0 Å². The lowest BCUT2D eigenvalue weighted by molar-refractivity contribution is 0.693. The van der Waals surface area contributed by atoms with Crippen molar-refractivity contribution in [1.82, 2.24) is 0 Å². The maximum Gasteiger partial charge on any atom is 0.0702 e. The van der Waals surface area contributed by atoms with Crippen LogP contribution < -0.4 is 0 Å². The predicted octanol–water partition coefficient (Wildman–Crippen LogP) is 7.69. The Bertz CT molecular complexity index is 1150. The van der Waals surface area contributed by atoms with Gasteiger partial charge < -0.3 is 0 Å². The quantitative estimate of drug-likeness (QED) is 0.329. The van der Waals surface area contributed by atoms with Gasteiger partial charge in [0, 0.05) is 31.6 Å². The largest absolute Gasteiger partial charge is 0.250 e. The van der Waals surface area contributed by atoms with Gasteiger partial charge in [0.05, 0.1) is 10.8 Å². The van der Waals surface area contributed by atoms with Crippen molar-refractivity contribution in [2.75, 3.05) is 0 Å². The normalized spacial score (nSPS) is 13.1. The van der Waals surface area contributed by atoms with Crippen molar-refractivity contribution in [3.63, 3.8) is 0 Å². The smallest absolute Gasteiger partial charge is 0.0702 e. The van der Waals surface area contributed by atoms with Crippen LogP contribution in [0.1, 0.15) is 11.1 Å². The summed E-state index contributed by atoms with van der Waals surface area (Å²) in [6.07, 6.45) is 3.70. The molecule has 28 heavy (non-hydrogen) atoms. The van der Waals surface area contributed by atoms with E-state index < -0.39 is 10.8 Å². The molecule has 0 spiro atoms. The molecule has 0 fully saturated rings. The van der Waals surface area contributed by atoms with Gasteiger partial charge in [-0.15, -0.1) is 0 Å². The number of benzene rings is 4. The van der Waals surface area contributed by atoms with Crippen molar-refractivity contribution in [1.29, 1.82) is 0 Å². The highest BCUT2D eigenvalue weighted by molar-refractivity contribution is 7.91. The maximum atomic E-state index is 12.5. The summed E-state index contributed by atoms with van der Waals surface area (Å²) in [7, 11) is -1.27. The van der Waals surface area contributed by atoms with Crippen LogP contribution in [0.5, 0.6) is 0 Å². The minimum atomic E-state index is -1.27. The third-order valence-corrected chi connectivity index (χ3v) is 5.97. The fraction of sp³-hybridized carbons (Fsp3) is 0. The number of halogens is 2. The van der Waals surface area contributed by atoms with Crippen molar-refractivity contribution in [3.05, 3.63) is 105 Å². The summed E-state index contributed by atoms with van der Waals surface area (Å²) in [5, 5.41) is 8.74. The molecular formula is C24H16Cl2OS. The topological polar surface area (TPSA) is 17.1 Å². The first-order chi connectivity index (χ1) is 13.6. The zero-order chi connectivity index (χ0) is 19.5. The lowest BCUT2D eigenvalue weighted by Gasteiger charge is -2.04. The SMILES string of the molecule is O=S(C=Cc1cccc2cccc(Cl)c12)C=Cc1cccc2cccc(Cl)c12. The maximum absolute atomic E-state index is 12.5. The zero-order valence-corrected chi connectivity index (χ0v) is 17.1. The Labute approximate surface area is 176 Å². The minimum absolute atomic E-state index is 0.685. The van der Waals surface area contributed by atoms with E-state index >= 15 is 0 Å². The molecule has 0 heterocycles. The summed E-state index contributed by atoms with van der Waals surface area (Å²) in [4.78, 5) is 0. The van der Waals surface area contributed by atoms with Crippen molar-refractivity contribution in [3.8, 4) is 0 Å². The summed E-state index contributed by atoms with van der Waals surface area (Å²) in [5.41, 5.74) is 1.89. The fourth-order valence-corrected chi connectivity index (χ4v) is 4.48. The summed E-state index contributed by atoms with van der Waals surface area (Å²) in [6.45, 7) is 0. The monoisotopic (exact) mass is 422 g/mol. The van der Waals surface area contributed by atoms with Crippen LogP contribution in [-0.2, 0) is 10.8 Å². The van der Waals surface area contributed by atoms with Crippen molar-refractivity contribution < 1.29 is 4.21 Å². The molecule has 0 bridgehead atoms. The molecule has 0 saturated carbocycles. The molecule has 0 aliphatic heterocycles. The van der Waals surface area contributed by atoms with Gasteiger partial charge in [0.25, 0.3) is 0 Å². The van der Waals surface area contributed by atoms with Gasteiger partial charge in [-0.1, -0.05) is 83.9 Å². The Morgan fingerprint density at radius 3 is 1.43 bits per heavy atom. The highest BCUT2D eigenvalue weighted by Gasteiger charge is 2.04. The molecule has 0 aliphatic carbocycles. The molecular weight excluding hydrogens is 407 g/mol. The Morgan fingerprint density at radius 2 is 1.00 bits per heavy atom. The third kappa shape index (κ3) is 3.90. The number of hydrogen-bond acceptors (Lipinski definition) is 1. The van der Waals surface area contributed by atoms with Gasteiger partial charge in [-0.2, -0.15) is 0 Å². The van der Waals surface area contributed by atoms with E-state index in [9.17, 15) is 4.21 Å². The molecule has 4 heteroatoms. The lowest BCUT2D eigenvalue weighted by Crippen LogP contribution is -1.83. The highest BCUT2D eigenvalue weighted by atomic mass is 35.5. The van der Waals surface area contributed by atoms with Crippen molar-refractivity contribution in [2.45, 2.75) is 0 Å². The van der Waals surface area contributed by atoms with Crippen LogP contribution >= 0.6 is 23.2 Å². The lowest BCUT2D eigenvalue weighted by atomic mass is 10.0. The van der Waals surface area contributed by atoms with Crippen LogP contribution in [0.15, 0.2) is 83.6 Å². The van der Waals surface area contributed by atoms with E-state index in [1.807, 2.05) is 84.9 Å². The second-order valence-electron chi connectivity index (χ2n) is 6.30. The van der Waals surface area contributed by atoms with E-state index in [4.69, 9.17) is 23.2 Å². The molecule has 1 nitrogen and oxygen atoms in total. The van der Waals surface area contributed by atoms with Gasteiger partial charge in [-0.25, -0.2) is 0 Å². The van der Waals surface area contributed by atoms with E-state index in [1.54, 1.807) is 10.8 Å². The van der Waals surface area contributed by atoms with Gasteiger partial charge in [-0.05, 0) is 46.2 Å². The van der Waals surface area contributed by atoms with Gasteiger partial charge >= 0.3 is 0 Å². The van der Waals surface area contributed by atoms with Crippen LogP contribution in [-0.4, -0.2) is 4.21 Å². The number of hydrogen-bond donors (Lipinski definition) is 0. The third-order valence-electron chi connectivity index (χ3n) is 4.54. The molecule has 138 valence electrons. The first kappa shape index (κ1) is 18.9. The molecule has 0 saturated heterocycles. The molecule has 0 radical (unpaired) electrons. The van der Waals surface area contributed by atoms with Gasteiger partial charge in [-0.3, -0.25) is 4.21 Å². The van der Waals surface area contributed by atoms with Crippen molar-refractivity contribution >= 4 is 67.7 Å². The van der Waals surface area contributed by atoms with E-state index in [2.05, 4.69) is 0 Å². The molecule has 0 aliphatic rings. The van der Waals surface area contributed by atoms with Crippen LogP contribution in [0.25, 0.3) is 33.7 Å². The Morgan fingerprint density at radius 1 is 0.607 bits per heavy atom. The van der Waals surface area contributed by atoms with Crippen molar-refractivity contribution in [2.24, 2.45) is 0 Å². The second kappa shape index (κ2) is 8.32. The summed E-state index contributed by atoms with van der Waals surface area (Å²) < 4.78 is 12.5. The van der Waals surface area contributed by atoms with E-state index in [0.717, 1.165) is 32.7 Å². The summed E-state index contributed by atoms with van der Waals surface area (Å²) >= 11 is 12.7.